The Morgan fingerprint density at radius 1 is 1.24 bits per heavy atom. The molecule has 0 aliphatic carbocycles. The van der Waals surface area contributed by atoms with E-state index in [2.05, 4.69) is 19.8 Å². The summed E-state index contributed by atoms with van der Waals surface area (Å²) in [4.78, 5) is 39.0. The van der Waals surface area contributed by atoms with Gasteiger partial charge in [-0.3, -0.25) is 14.6 Å². The highest BCUT2D eigenvalue weighted by Gasteiger charge is 2.27. The SMILES string of the molecule is COC(=O)[C@H](C)C[C@H](NC(=O)c1cccnc1)C(=O)OC. The number of nitrogens with one attached hydrogen (secondary N) is 1. The first-order chi connectivity index (χ1) is 9.99. The van der Waals surface area contributed by atoms with Gasteiger partial charge in [-0.15, -0.1) is 0 Å². The van der Waals surface area contributed by atoms with Gasteiger partial charge in [-0.2, -0.15) is 0 Å². The largest absolute Gasteiger partial charge is 0.469 e. The Kier molecular flexibility index (Phi) is 6.32. The zero-order valence-corrected chi connectivity index (χ0v) is 12.2. The van der Waals surface area contributed by atoms with Gasteiger partial charge in [0.2, 0.25) is 0 Å². The number of ether oxygens (including phenoxy) is 2. The fraction of sp³-hybridized carbons (Fsp3) is 0.429. The summed E-state index contributed by atoms with van der Waals surface area (Å²) >= 11 is 0. The summed E-state index contributed by atoms with van der Waals surface area (Å²) in [6.07, 6.45) is 3.01. The quantitative estimate of drug-likeness (QED) is 0.770. The monoisotopic (exact) mass is 294 g/mol. The van der Waals surface area contributed by atoms with Crippen molar-refractivity contribution < 1.29 is 23.9 Å². The maximum Gasteiger partial charge on any atom is 0.328 e. The number of hydrogen-bond acceptors (Lipinski definition) is 6. The molecule has 1 aromatic rings. The van der Waals surface area contributed by atoms with E-state index in [1.807, 2.05) is 0 Å². The van der Waals surface area contributed by atoms with Gasteiger partial charge in [0.15, 0.2) is 0 Å². The number of methoxy groups -OCH3 is 2. The van der Waals surface area contributed by atoms with E-state index in [0.717, 1.165) is 0 Å². The topological polar surface area (TPSA) is 94.6 Å². The first-order valence-electron chi connectivity index (χ1n) is 6.36. The standard InChI is InChI=1S/C14H18N2O5/c1-9(13(18)20-2)7-11(14(19)21-3)16-12(17)10-5-4-6-15-8-10/h4-6,8-9,11H,7H2,1-3H3,(H,16,17)/t9-,11+/m1/s1. The maximum atomic E-state index is 12.0. The molecule has 1 rings (SSSR count). The van der Waals surface area contributed by atoms with E-state index < -0.39 is 29.8 Å². The second-order valence-electron chi connectivity index (χ2n) is 4.45. The highest BCUT2D eigenvalue weighted by molar-refractivity contribution is 5.96. The molecule has 1 heterocycles. The molecule has 0 saturated carbocycles. The number of hydrogen-bond donors (Lipinski definition) is 1. The highest BCUT2D eigenvalue weighted by Crippen LogP contribution is 2.10. The van der Waals surface area contributed by atoms with E-state index in [0.29, 0.717) is 5.56 Å². The lowest BCUT2D eigenvalue weighted by Gasteiger charge is -2.19. The van der Waals surface area contributed by atoms with Gasteiger partial charge < -0.3 is 14.8 Å². The molecule has 0 aliphatic rings. The normalized spacial score (nSPS) is 12.9. The molecule has 1 amide bonds. The maximum absolute atomic E-state index is 12.0. The van der Waals surface area contributed by atoms with Crippen molar-refractivity contribution >= 4 is 17.8 Å². The van der Waals surface area contributed by atoms with Gasteiger partial charge in [-0.25, -0.2) is 4.79 Å². The molecule has 0 bridgehead atoms. The van der Waals surface area contributed by atoms with Crippen molar-refractivity contribution in [2.45, 2.75) is 19.4 Å². The van der Waals surface area contributed by atoms with Crippen LogP contribution in [0.1, 0.15) is 23.7 Å². The van der Waals surface area contributed by atoms with Crippen LogP contribution in [-0.2, 0) is 19.1 Å². The molecule has 7 heteroatoms. The minimum atomic E-state index is -0.934. The molecule has 2 atom stereocenters. The molecular weight excluding hydrogens is 276 g/mol. The second-order valence-corrected chi connectivity index (χ2v) is 4.45. The van der Waals surface area contributed by atoms with Crippen LogP contribution in [0.3, 0.4) is 0 Å². The number of pyridine rings is 1. The van der Waals surface area contributed by atoms with E-state index >= 15 is 0 Å². The summed E-state index contributed by atoms with van der Waals surface area (Å²) in [6.45, 7) is 1.61. The molecule has 0 fully saturated rings. The summed E-state index contributed by atoms with van der Waals surface area (Å²) in [7, 11) is 2.48. The Labute approximate surface area is 122 Å². The van der Waals surface area contributed by atoms with Gasteiger partial charge in [-0.05, 0) is 18.6 Å². The van der Waals surface area contributed by atoms with Crippen molar-refractivity contribution in [3.8, 4) is 0 Å². The molecule has 1 N–H and O–H groups in total. The minimum absolute atomic E-state index is 0.0886. The average Bonchev–Trinajstić information content (AvgIpc) is 2.53. The Morgan fingerprint density at radius 2 is 1.90 bits per heavy atom. The third-order valence-electron chi connectivity index (χ3n) is 2.91. The zero-order chi connectivity index (χ0) is 15.8. The molecule has 21 heavy (non-hydrogen) atoms. The molecule has 0 unspecified atom stereocenters. The first-order valence-corrected chi connectivity index (χ1v) is 6.36. The summed E-state index contributed by atoms with van der Waals surface area (Å²) in [6, 6.07) is 2.25. The molecule has 0 radical (unpaired) electrons. The predicted molar refractivity (Wildman–Crippen MR) is 73.3 cm³/mol. The van der Waals surface area contributed by atoms with Gasteiger partial charge in [0, 0.05) is 12.4 Å². The van der Waals surface area contributed by atoms with Crippen LogP contribution in [0.15, 0.2) is 24.5 Å². The van der Waals surface area contributed by atoms with Crippen molar-refractivity contribution in [2.24, 2.45) is 5.92 Å². The fourth-order valence-electron chi connectivity index (χ4n) is 1.75. The van der Waals surface area contributed by atoms with Gasteiger partial charge >= 0.3 is 11.9 Å². The van der Waals surface area contributed by atoms with Crippen LogP contribution in [0, 0.1) is 5.92 Å². The fourth-order valence-corrected chi connectivity index (χ4v) is 1.75. The third kappa shape index (κ3) is 4.87. The number of nitrogens with zero attached hydrogens (tertiary/aromatic N) is 1. The molecule has 1 aromatic heterocycles. The zero-order valence-electron chi connectivity index (χ0n) is 12.2. The molecule has 0 saturated heterocycles. The Morgan fingerprint density at radius 3 is 2.43 bits per heavy atom. The van der Waals surface area contributed by atoms with Gasteiger partial charge in [-0.1, -0.05) is 6.92 Å². The average molecular weight is 294 g/mol. The van der Waals surface area contributed by atoms with Crippen LogP contribution < -0.4 is 5.32 Å². The lowest BCUT2D eigenvalue weighted by atomic mass is 10.0. The van der Waals surface area contributed by atoms with Crippen LogP contribution in [0.2, 0.25) is 0 Å². The van der Waals surface area contributed by atoms with E-state index in [-0.39, 0.29) is 6.42 Å². The van der Waals surface area contributed by atoms with Crippen molar-refractivity contribution in [3.63, 3.8) is 0 Å². The van der Waals surface area contributed by atoms with E-state index in [1.165, 1.54) is 26.6 Å². The van der Waals surface area contributed by atoms with E-state index in [1.54, 1.807) is 19.1 Å². The lowest BCUT2D eigenvalue weighted by Crippen LogP contribution is -2.43. The first kappa shape index (κ1) is 16.6. The summed E-state index contributed by atoms with van der Waals surface area (Å²) in [5, 5.41) is 2.53. The number of carbonyl (C=O) groups is 3. The van der Waals surface area contributed by atoms with Crippen LogP contribution in [0.5, 0.6) is 0 Å². The lowest BCUT2D eigenvalue weighted by molar-refractivity contribution is -0.147. The van der Waals surface area contributed by atoms with Crippen LogP contribution in [0.4, 0.5) is 0 Å². The third-order valence-corrected chi connectivity index (χ3v) is 2.91. The van der Waals surface area contributed by atoms with Crippen molar-refractivity contribution in [2.75, 3.05) is 14.2 Å². The Bertz CT molecular complexity index is 503. The van der Waals surface area contributed by atoms with Crippen LogP contribution >= 0.6 is 0 Å². The summed E-state index contributed by atoms with van der Waals surface area (Å²) in [5.41, 5.74) is 0.317. The van der Waals surface area contributed by atoms with Crippen LogP contribution in [0.25, 0.3) is 0 Å². The molecule has 0 spiro atoms. The smallest absolute Gasteiger partial charge is 0.328 e. The molecule has 0 aromatic carbocycles. The molecular formula is C14H18N2O5. The Balaban J connectivity index is 2.77. The van der Waals surface area contributed by atoms with E-state index in [9.17, 15) is 14.4 Å². The van der Waals surface area contributed by atoms with Gasteiger partial charge in [0.25, 0.3) is 5.91 Å². The number of aromatic nitrogens is 1. The number of rotatable bonds is 6. The summed E-state index contributed by atoms with van der Waals surface area (Å²) in [5.74, 6) is -2.09. The number of carbonyl (C=O) groups excluding carboxylic acids is 3. The van der Waals surface area contributed by atoms with E-state index in [4.69, 9.17) is 0 Å². The van der Waals surface area contributed by atoms with Crippen molar-refractivity contribution in [1.82, 2.24) is 10.3 Å². The predicted octanol–water partition coefficient (Wildman–Crippen LogP) is 0.552. The molecule has 0 aliphatic heterocycles. The molecule has 114 valence electrons. The van der Waals surface area contributed by atoms with Gasteiger partial charge in [0.05, 0.1) is 25.7 Å². The summed E-state index contributed by atoms with van der Waals surface area (Å²) < 4.78 is 9.24. The van der Waals surface area contributed by atoms with Gasteiger partial charge in [0.1, 0.15) is 6.04 Å². The molecule has 7 nitrogen and oxygen atoms in total. The van der Waals surface area contributed by atoms with Crippen molar-refractivity contribution in [3.05, 3.63) is 30.1 Å². The number of amides is 1. The van der Waals surface area contributed by atoms with Crippen molar-refractivity contribution in [1.29, 1.82) is 0 Å². The van der Waals surface area contributed by atoms with Crippen LogP contribution in [-0.4, -0.2) is 43.1 Å². The highest BCUT2D eigenvalue weighted by atomic mass is 16.5. The number of esters is 2. The minimum Gasteiger partial charge on any atom is -0.469 e. The second kappa shape index (κ2) is 7.98. The Hall–Kier alpha value is -2.44.